The van der Waals surface area contributed by atoms with Crippen molar-refractivity contribution in [3.05, 3.63) is 54.1 Å². The lowest BCUT2D eigenvalue weighted by Gasteiger charge is -2.58. The zero-order valence-electron chi connectivity index (χ0n) is 20.1. The van der Waals surface area contributed by atoms with Gasteiger partial charge < -0.3 is 9.64 Å². The van der Waals surface area contributed by atoms with Crippen molar-refractivity contribution in [2.45, 2.75) is 51.4 Å². The Labute approximate surface area is 208 Å². The Kier molecular flexibility index (Phi) is 5.64. The fourth-order valence-electron chi connectivity index (χ4n) is 6.07. The molecule has 7 nitrogen and oxygen atoms in total. The molecule has 0 unspecified atom stereocenters. The van der Waals surface area contributed by atoms with Gasteiger partial charge in [0.1, 0.15) is 11.9 Å². The average Bonchev–Trinajstić information content (AvgIpc) is 3.19. The van der Waals surface area contributed by atoms with Crippen LogP contribution >= 0.6 is 11.3 Å². The summed E-state index contributed by atoms with van der Waals surface area (Å²) < 4.78 is 20.4. The molecule has 0 radical (unpaired) electrons. The Balaban J connectivity index is 1.00. The van der Waals surface area contributed by atoms with E-state index >= 15 is 0 Å². The highest BCUT2D eigenvalue weighted by atomic mass is 32.1. The largest absolute Gasteiger partial charge is 0.446 e. The number of carbonyl (C=O) groups excluding carboxylic acids is 1. The van der Waals surface area contributed by atoms with Crippen LogP contribution in [0.1, 0.15) is 32.3 Å². The van der Waals surface area contributed by atoms with Crippen molar-refractivity contribution < 1.29 is 13.9 Å². The first-order valence-electron chi connectivity index (χ1n) is 12.3. The van der Waals surface area contributed by atoms with Crippen LogP contribution in [-0.4, -0.2) is 70.2 Å². The number of hydrogen-bond donors (Lipinski definition) is 0. The summed E-state index contributed by atoms with van der Waals surface area (Å²) in [5.41, 5.74) is 2.42. The number of benzene rings is 1. The molecule has 2 aliphatic heterocycles. The Bertz CT molecular complexity index is 1210. The highest BCUT2D eigenvalue weighted by Crippen LogP contribution is 2.50. The van der Waals surface area contributed by atoms with Crippen molar-refractivity contribution in [1.82, 2.24) is 19.8 Å². The fraction of sp³-hybridized carbons (Fsp3) is 0.500. The van der Waals surface area contributed by atoms with Gasteiger partial charge in [-0.05, 0) is 62.6 Å². The number of pyridine rings is 1. The molecule has 1 aromatic carbocycles. The smallest absolute Gasteiger partial charge is 0.410 e. The molecular weight excluding hydrogens is 465 g/mol. The first-order valence-corrected chi connectivity index (χ1v) is 13.1. The minimum absolute atomic E-state index is 0.00333. The zero-order chi connectivity index (χ0) is 24.2. The second-order valence-corrected chi connectivity index (χ2v) is 11.5. The summed E-state index contributed by atoms with van der Waals surface area (Å²) in [4.78, 5) is 28.4. The van der Waals surface area contributed by atoms with Crippen LogP contribution in [0.15, 0.2) is 42.7 Å². The van der Waals surface area contributed by atoms with Crippen molar-refractivity contribution >= 4 is 32.8 Å². The van der Waals surface area contributed by atoms with Gasteiger partial charge in [0.25, 0.3) is 0 Å². The van der Waals surface area contributed by atoms with E-state index in [0.717, 1.165) is 47.8 Å². The molecule has 1 saturated carbocycles. The average molecular weight is 496 g/mol. The van der Waals surface area contributed by atoms with E-state index in [9.17, 15) is 9.18 Å². The summed E-state index contributed by atoms with van der Waals surface area (Å²) in [6, 6.07) is 8.83. The monoisotopic (exact) mass is 495 g/mol. The summed E-state index contributed by atoms with van der Waals surface area (Å²) in [6.07, 6.45) is 5.40. The van der Waals surface area contributed by atoms with Gasteiger partial charge in [-0.3, -0.25) is 14.8 Å². The number of aromatic nitrogens is 2. The van der Waals surface area contributed by atoms with Gasteiger partial charge in [0.2, 0.25) is 0 Å². The number of anilines is 1. The van der Waals surface area contributed by atoms with E-state index in [1.807, 2.05) is 17.3 Å². The molecule has 0 bridgehead atoms. The summed E-state index contributed by atoms with van der Waals surface area (Å²) in [5.74, 6) is -0.247. The molecular formula is C26H30FN5O2S. The maximum Gasteiger partial charge on any atom is 0.410 e. The van der Waals surface area contributed by atoms with Crippen LogP contribution in [0, 0.1) is 11.2 Å². The summed E-state index contributed by atoms with van der Waals surface area (Å²) >= 11 is 1.50. The quantitative estimate of drug-likeness (QED) is 0.530. The number of piperazine rings is 1. The Hall–Kier alpha value is -2.78. The molecule has 4 heterocycles. The van der Waals surface area contributed by atoms with Crippen LogP contribution in [-0.2, 0) is 11.3 Å². The molecule has 9 heteroatoms. The van der Waals surface area contributed by atoms with Gasteiger partial charge in [0, 0.05) is 50.5 Å². The summed E-state index contributed by atoms with van der Waals surface area (Å²) in [6.45, 7) is 8.57. The number of ether oxygens (including phenoxy) is 1. The number of likely N-dealkylation sites (tertiary alicyclic amines) is 1. The molecule has 1 aliphatic carbocycles. The molecule has 3 fully saturated rings. The van der Waals surface area contributed by atoms with Gasteiger partial charge >= 0.3 is 6.09 Å². The van der Waals surface area contributed by atoms with Gasteiger partial charge in [-0.1, -0.05) is 11.3 Å². The van der Waals surface area contributed by atoms with Gasteiger partial charge in [-0.2, -0.15) is 0 Å². The second kappa shape index (κ2) is 8.71. The van der Waals surface area contributed by atoms with Gasteiger partial charge in [-0.15, -0.1) is 0 Å². The lowest BCUT2D eigenvalue weighted by atomic mass is 9.61. The number of halogens is 1. The number of thiazole rings is 1. The van der Waals surface area contributed by atoms with Crippen molar-refractivity contribution in [2.24, 2.45) is 5.41 Å². The van der Waals surface area contributed by atoms with Crippen molar-refractivity contribution in [3.8, 4) is 0 Å². The number of nitrogens with zero attached hydrogens (tertiary/aromatic N) is 5. The van der Waals surface area contributed by atoms with Crippen molar-refractivity contribution in [3.63, 3.8) is 0 Å². The maximum atomic E-state index is 13.6. The first-order chi connectivity index (χ1) is 16.9. The molecule has 3 aromatic rings. The standard InChI is InChI=1S/C26H30FN5O2S/c1-17-12-31(24-29-22-4-3-20(27)9-23(22)35-24)13-18(2)32(17)25(33)34-21-10-26(11-21)15-30(16-26)14-19-5-7-28-8-6-19/h3-9,17-18,21H,10-16H2,1-2H3/t17-,18-/m1/s1. The number of rotatable bonds is 4. The predicted molar refractivity (Wildman–Crippen MR) is 134 cm³/mol. The molecule has 6 rings (SSSR count). The Morgan fingerprint density at radius 1 is 1.14 bits per heavy atom. The highest BCUT2D eigenvalue weighted by Gasteiger charge is 2.54. The minimum Gasteiger partial charge on any atom is -0.446 e. The van der Waals surface area contributed by atoms with Crippen molar-refractivity contribution in [2.75, 3.05) is 31.1 Å². The Morgan fingerprint density at radius 2 is 1.86 bits per heavy atom. The topological polar surface area (TPSA) is 61.8 Å². The maximum absolute atomic E-state index is 13.6. The molecule has 35 heavy (non-hydrogen) atoms. The number of amides is 1. The van der Waals surface area contributed by atoms with Crippen LogP contribution in [0.25, 0.3) is 10.2 Å². The molecule has 2 saturated heterocycles. The van der Waals surface area contributed by atoms with Gasteiger partial charge in [0.05, 0.1) is 22.3 Å². The molecule has 1 spiro atoms. The van der Waals surface area contributed by atoms with E-state index in [1.165, 1.54) is 29.0 Å². The molecule has 184 valence electrons. The number of carbonyl (C=O) groups is 1. The predicted octanol–water partition coefficient (Wildman–Crippen LogP) is 4.53. The van der Waals surface area contributed by atoms with E-state index in [1.54, 1.807) is 6.07 Å². The first kappa shape index (κ1) is 22.7. The fourth-order valence-corrected chi connectivity index (χ4v) is 7.08. The second-order valence-electron chi connectivity index (χ2n) is 10.5. The molecule has 2 atom stereocenters. The third kappa shape index (κ3) is 4.36. The number of hydrogen-bond acceptors (Lipinski definition) is 7. The van der Waals surface area contributed by atoms with Gasteiger partial charge in [0.15, 0.2) is 5.13 Å². The van der Waals surface area contributed by atoms with E-state index in [0.29, 0.717) is 18.5 Å². The van der Waals surface area contributed by atoms with Crippen molar-refractivity contribution in [1.29, 1.82) is 0 Å². The summed E-state index contributed by atoms with van der Waals surface area (Å²) in [7, 11) is 0. The van der Waals surface area contributed by atoms with Crippen LogP contribution in [0.3, 0.4) is 0 Å². The lowest BCUT2D eigenvalue weighted by molar-refractivity contribution is -0.137. The summed E-state index contributed by atoms with van der Waals surface area (Å²) in [5, 5.41) is 0.875. The van der Waals surface area contributed by atoms with Gasteiger partial charge in [-0.25, -0.2) is 14.2 Å². The van der Waals surface area contributed by atoms with E-state index < -0.39 is 0 Å². The minimum atomic E-state index is -0.247. The highest BCUT2D eigenvalue weighted by molar-refractivity contribution is 7.22. The molecule has 3 aliphatic rings. The normalized spacial score (nSPS) is 24.4. The lowest BCUT2D eigenvalue weighted by Crippen LogP contribution is -2.64. The number of fused-ring (bicyclic) bond motifs is 1. The SMILES string of the molecule is C[C@@H]1CN(c2nc3ccc(F)cc3s2)C[C@@H](C)N1C(=O)OC1CC2(C1)CN(Cc1ccncc1)C2. The molecule has 1 amide bonds. The molecule has 2 aromatic heterocycles. The van der Waals surface area contributed by atoms with Crippen LogP contribution in [0.4, 0.5) is 14.3 Å². The van der Waals surface area contributed by atoms with Crippen LogP contribution < -0.4 is 4.90 Å². The van der Waals surface area contributed by atoms with E-state index in [-0.39, 0.29) is 30.1 Å². The van der Waals surface area contributed by atoms with E-state index in [2.05, 4.69) is 45.7 Å². The third-order valence-corrected chi connectivity index (χ3v) is 8.68. The van der Waals surface area contributed by atoms with E-state index in [4.69, 9.17) is 4.74 Å². The van der Waals surface area contributed by atoms with Crippen LogP contribution in [0.2, 0.25) is 0 Å². The zero-order valence-corrected chi connectivity index (χ0v) is 20.9. The third-order valence-electron chi connectivity index (χ3n) is 7.60. The van der Waals surface area contributed by atoms with Crippen LogP contribution in [0.5, 0.6) is 0 Å². The molecule has 0 N–H and O–H groups in total. The Morgan fingerprint density at radius 3 is 2.57 bits per heavy atom.